The minimum atomic E-state index is -0.184. The largest absolute Gasteiger partial charge is 0.491 e. The highest BCUT2D eigenvalue weighted by Gasteiger charge is 2.36. The van der Waals surface area contributed by atoms with Crippen molar-refractivity contribution in [2.45, 2.75) is 31.3 Å². The van der Waals surface area contributed by atoms with Crippen molar-refractivity contribution >= 4 is 6.03 Å². The molecule has 3 aromatic rings. The number of urea groups is 1. The van der Waals surface area contributed by atoms with Crippen molar-refractivity contribution in [3.63, 3.8) is 0 Å². The van der Waals surface area contributed by atoms with E-state index in [9.17, 15) is 4.79 Å². The lowest BCUT2D eigenvalue weighted by atomic mass is 9.92. The second kappa shape index (κ2) is 10.7. The fourth-order valence-corrected chi connectivity index (χ4v) is 5.22. The number of benzene rings is 3. The topological polar surface area (TPSA) is 44.8 Å². The maximum atomic E-state index is 13.6. The number of fused-ring (bicyclic) bond motifs is 1. The maximum Gasteiger partial charge on any atom is 0.318 e. The van der Waals surface area contributed by atoms with Gasteiger partial charge in [0.05, 0.1) is 12.6 Å². The molecule has 1 saturated heterocycles. The Morgan fingerprint density at radius 1 is 0.853 bits per heavy atom. The standard InChI is InChI=1S/C29H33N3O2/c33-29-30-18-22-34-27-14-8-7-13-26(27)28(24-11-5-2-6-12-24)32(29)25-16-20-31(21-17-25)19-15-23-9-3-1-4-10-23/h1-14,25,28H,15-22H2,(H,30,33). The molecule has 1 atom stereocenters. The van der Waals surface area contributed by atoms with Crippen LogP contribution in [0.15, 0.2) is 84.9 Å². The summed E-state index contributed by atoms with van der Waals surface area (Å²) in [6, 6.07) is 29.2. The van der Waals surface area contributed by atoms with Gasteiger partial charge in [0, 0.05) is 31.2 Å². The lowest BCUT2D eigenvalue weighted by molar-refractivity contribution is 0.105. The molecular formula is C29H33N3O2. The molecule has 0 aliphatic carbocycles. The SMILES string of the molecule is O=C1NCCOc2ccccc2C(c2ccccc2)N1C1CCN(CCc2ccccc2)CC1. The average Bonchev–Trinajstić information content (AvgIpc) is 2.97. The molecule has 0 spiro atoms. The first-order valence-electron chi connectivity index (χ1n) is 12.4. The van der Waals surface area contributed by atoms with E-state index in [1.807, 2.05) is 36.4 Å². The molecule has 0 saturated carbocycles. The summed E-state index contributed by atoms with van der Waals surface area (Å²) in [4.78, 5) is 18.2. The van der Waals surface area contributed by atoms with Gasteiger partial charge in [-0.3, -0.25) is 0 Å². The number of rotatable bonds is 5. The molecule has 5 heteroatoms. The number of hydrogen-bond donors (Lipinski definition) is 1. The van der Waals surface area contributed by atoms with Crippen molar-refractivity contribution in [2.75, 3.05) is 32.8 Å². The van der Waals surface area contributed by atoms with Gasteiger partial charge in [-0.25, -0.2) is 4.79 Å². The number of likely N-dealkylation sites (tertiary alicyclic amines) is 1. The number of para-hydroxylation sites is 1. The van der Waals surface area contributed by atoms with Crippen LogP contribution in [-0.2, 0) is 6.42 Å². The first-order valence-corrected chi connectivity index (χ1v) is 12.4. The lowest BCUT2D eigenvalue weighted by Crippen LogP contribution is -2.52. The number of carbonyl (C=O) groups is 1. The second-order valence-corrected chi connectivity index (χ2v) is 9.15. The van der Waals surface area contributed by atoms with Crippen LogP contribution in [0.25, 0.3) is 0 Å². The van der Waals surface area contributed by atoms with Gasteiger partial charge in [-0.1, -0.05) is 78.9 Å². The van der Waals surface area contributed by atoms with Crippen LogP contribution in [0.1, 0.15) is 35.6 Å². The zero-order chi connectivity index (χ0) is 23.2. The average molecular weight is 456 g/mol. The minimum absolute atomic E-state index is 0.00288. The number of carbonyl (C=O) groups excluding carboxylic acids is 1. The molecule has 0 bridgehead atoms. The van der Waals surface area contributed by atoms with E-state index < -0.39 is 0 Å². The van der Waals surface area contributed by atoms with Gasteiger partial charge in [0.2, 0.25) is 0 Å². The van der Waals surface area contributed by atoms with E-state index in [0.29, 0.717) is 13.2 Å². The quantitative estimate of drug-likeness (QED) is 0.596. The highest BCUT2D eigenvalue weighted by molar-refractivity contribution is 5.76. The van der Waals surface area contributed by atoms with Crippen LogP contribution in [0.3, 0.4) is 0 Å². The fourth-order valence-electron chi connectivity index (χ4n) is 5.22. The molecule has 1 fully saturated rings. The Morgan fingerprint density at radius 2 is 1.53 bits per heavy atom. The molecular weight excluding hydrogens is 422 g/mol. The van der Waals surface area contributed by atoms with Crippen molar-refractivity contribution in [3.8, 4) is 5.75 Å². The third kappa shape index (κ3) is 5.10. The number of nitrogens with zero attached hydrogens (tertiary/aromatic N) is 2. The van der Waals surface area contributed by atoms with Crippen molar-refractivity contribution in [2.24, 2.45) is 0 Å². The molecule has 2 heterocycles. The van der Waals surface area contributed by atoms with Gasteiger partial charge in [0.25, 0.3) is 0 Å². The van der Waals surface area contributed by atoms with Crippen molar-refractivity contribution in [1.29, 1.82) is 0 Å². The van der Waals surface area contributed by atoms with E-state index in [4.69, 9.17) is 4.74 Å². The smallest absolute Gasteiger partial charge is 0.318 e. The number of ether oxygens (including phenoxy) is 1. The lowest BCUT2D eigenvalue weighted by Gasteiger charge is -2.42. The van der Waals surface area contributed by atoms with E-state index in [-0.39, 0.29) is 18.1 Å². The first kappa shape index (κ1) is 22.5. The molecule has 5 nitrogen and oxygen atoms in total. The third-order valence-electron chi connectivity index (χ3n) is 6.99. The van der Waals surface area contributed by atoms with Gasteiger partial charge < -0.3 is 19.9 Å². The van der Waals surface area contributed by atoms with Crippen LogP contribution < -0.4 is 10.1 Å². The summed E-state index contributed by atoms with van der Waals surface area (Å²) in [6.45, 7) is 4.03. The Labute approximate surface area is 202 Å². The predicted octanol–water partition coefficient (Wildman–Crippen LogP) is 4.89. The normalized spacial score (nSPS) is 19.8. The Morgan fingerprint density at radius 3 is 2.29 bits per heavy atom. The highest BCUT2D eigenvalue weighted by Crippen LogP contribution is 2.38. The molecule has 2 aliphatic heterocycles. The summed E-state index contributed by atoms with van der Waals surface area (Å²) in [5.74, 6) is 0.859. The van der Waals surface area contributed by atoms with Crippen LogP contribution in [-0.4, -0.2) is 54.7 Å². The van der Waals surface area contributed by atoms with Gasteiger partial charge in [-0.2, -0.15) is 0 Å². The monoisotopic (exact) mass is 455 g/mol. The summed E-state index contributed by atoms with van der Waals surface area (Å²) in [6.07, 6.45) is 3.00. The van der Waals surface area contributed by atoms with E-state index >= 15 is 0 Å². The number of nitrogens with one attached hydrogen (secondary N) is 1. The predicted molar refractivity (Wildman–Crippen MR) is 135 cm³/mol. The van der Waals surface area contributed by atoms with Gasteiger partial charge >= 0.3 is 6.03 Å². The van der Waals surface area contributed by atoms with Crippen molar-refractivity contribution < 1.29 is 9.53 Å². The van der Waals surface area contributed by atoms with Crippen molar-refractivity contribution in [1.82, 2.24) is 15.1 Å². The van der Waals surface area contributed by atoms with E-state index in [1.54, 1.807) is 0 Å². The van der Waals surface area contributed by atoms with Gasteiger partial charge in [-0.15, -0.1) is 0 Å². The summed E-state index contributed by atoms with van der Waals surface area (Å²) in [7, 11) is 0. The summed E-state index contributed by atoms with van der Waals surface area (Å²) < 4.78 is 6.09. The van der Waals surface area contributed by atoms with Gasteiger partial charge in [-0.05, 0) is 36.5 Å². The molecule has 5 rings (SSSR count). The van der Waals surface area contributed by atoms with Crippen LogP contribution in [0.5, 0.6) is 5.75 Å². The zero-order valence-electron chi connectivity index (χ0n) is 19.6. The summed E-state index contributed by atoms with van der Waals surface area (Å²) in [5.41, 5.74) is 3.55. The van der Waals surface area contributed by atoms with E-state index in [1.165, 1.54) is 5.56 Å². The van der Waals surface area contributed by atoms with Gasteiger partial charge in [0.15, 0.2) is 0 Å². The molecule has 0 aromatic heterocycles. The molecule has 34 heavy (non-hydrogen) atoms. The van der Waals surface area contributed by atoms with Crippen LogP contribution in [0, 0.1) is 0 Å². The molecule has 2 aliphatic rings. The molecule has 2 amide bonds. The Kier molecular flexibility index (Phi) is 7.10. The molecule has 3 aromatic carbocycles. The fraction of sp³-hybridized carbons (Fsp3) is 0.345. The van der Waals surface area contributed by atoms with Crippen molar-refractivity contribution in [3.05, 3.63) is 102 Å². The van der Waals surface area contributed by atoms with Gasteiger partial charge in [0.1, 0.15) is 12.4 Å². The third-order valence-corrected chi connectivity index (χ3v) is 6.99. The Bertz CT molecular complexity index is 1070. The summed E-state index contributed by atoms with van der Waals surface area (Å²) in [5, 5.41) is 3.11. The van der Waals surface area contributed by atoms with Crippen LogP contribution in [0.4, 0.5) is 4.79 Å². The second-order valence-electron chi connectivity index (χ2n) is 9.15. The number of hydrogen-bond acceptors (Lipinski definition) is 3. The Hall–Kier alpha value is -3.31. The first-order chi connectivity index (χ1) is 16.8. The number of amides is 2. The zero-order valence-corrected chi connectivity index (χ0v) is 19.6. The number of piperidine rings is 1. The Balaban J connectivity index is 1.38. The minimum Gasteiger partial charge on any atom is -0.491 e. The molecule has 1 unspecified atom stereocenters. The van der Waals surface area contributed by atoms with E-state index in [0.717, 1.165) is 55.8 Å². The van der Waals surface area contributed by atoms with Crippen LogP contribution in [0.2, 0.25) is 0 Å². The van der Waals surface area contributed by atoms with E-state index in [2.05, 4.69) is 63.6 Å². The maximum absolute atomic E-state index is 13.6. The molecule has 176 valence electrons. The highest BCUT2D eigenvalue weighted by atomic mass is 16.5. The summed E-state index contributed by atoms with van der Waals surface area (Å²) >= 11 is 0. The molecule has 0 radical (unpaired) electrons. The molecule has 1 N–H and O–H groups in total. The van der Waals surface area contributed by atoms with Crippen LogP contribution >= 0.6 is 0 Å².